The van der Waals surface area contributed by atoms with Gasteiger partial charge in [0, 0.05) is 6.54 Å². The number of nitrogen functional groups attached to an aromatic ring is 1. The van der Waals surface area contributed by atoms with Gasteiger partial charge in [0.05, 0.1) is 18.7 Å². The number of amides is 2. The van der Waals surface area contributed by atoms with Gasteiger partial charge in [-0.15, -0.1) is 0 Å². The van der Waals surface area contributed by atoms with E-state index in [0.717, 1.165) is 6.42 Å². The molecule has 1 aromatic rings. The van der Waals surface area contributed by atoms with Gasteiger partial charge in [0.1, 0.15) is 11.8 Å². The highest BCUT2D eigenvalue weighted by Crippen LogP contribution is 2.19. The Bertz CT molecular complexity index is 477. The Balaban J connectivity index is 2.28. The molecule has 0 spiro atoms. The number of hydrogen-bond acceptors (Lipinski definition) is 4. The van der Waals surface area contributed by atoms with Gasteiger partial charge in [-0.1, -0.05) is 19.1 Å². The van der Waals surface area contributed by atoms with Crippen molar-refractivity contribution in [3.8, 4) is 5.75 Å². The van der Waals surface area contributed by atoms with Crippen LogP contribution >= 0.6 is 0 Å². The summed E-state index contributed by atoms with van der Waals surface area (Å²) in [5.41, 5.74) is 6.26. The van der Waals surface area contributed by atoms with Gasteiger partial charge in [-0.3, -0.25) is 9.59 Å². The number of nitrogens with one attached hydrogen (secondary N) is 2. The summed E-state index contributed by atoms with van der Waals surface area (Å²) < 4.78 is 5.43. The van der Waals surface area contributed by atoms with Crippen LogP contribution < -0.4 is 21.1 Å². The molecule has 2 amide bonds. The summed E-state index contributed by atoms with van der Waals surface area (Å²) in [6.45, 7) is 4.44. The van der Waals surface area contributed by atoms with Gasteiger partial charge in [0.15, 0.2) is 0 Å². The fraction of sp³-hybridized carbons (Fsp3) is 0.467. The highest BCUT2D eigenvalue weighted by atomic mass is 16.5. The van der Waals surface area contributed by atoms with Crippen molar-refractivity contribution >= 4 is 17.5 Å². The lowest BCUT2D eigenvalue weighted by molar-refractivity contribution is -0.128. The number of ether oxygens (including phenoxy) is 1. The lowest BCUT2D eigenvalue weighted by Gasteiger charge is -2.14. The van der Waals surface area contributed by atoms with Crippen molar-refractivity contribution in [3.63, 3.8) is 0 Å². The fourth-order valence-electron chi connectivity index (χ4n) is 1.65. The van der Waals surface area contributed by atoms with E-state index in [1.54, 1.807) is 19.1 Å². The maximum Gasteiger partial charge on any atom is 0.242 e. The number of carbonyl (C=O) groups is 2. The van der Waals surface area contributed by atoms with Crippen LogP contribution in [0.2, 0.25) is 0 Å². The van der Waals surface area contributed by atoms with E-state index in [1.165, 1.54) is 0 Å². The van der Waals surface area contributed by atoms with Gasteiger partial charge in [-0.05, 0) is 25.5 Å². The third-order valence-electron chi connectivity index (χ3n) is 2.83. The van der Waals surface area contributed by atoms with E-state index in [-0.39, 0.29) is 24.8 Å². The molecule has 6 heteroatoms. The lowest BCUT2D eigenvalue weighted by atomic mass is 10.3. The highest BCUT2D eigenvalue weighted by Gasteiger charge is 2.14. The molecule has 0 aliphatic carbocycles. The predicted molar refractivity (Wildman–Crippen MR) is 81.9 cm³/mol. The quantitative estimate of drug-likeness (QED) is 0.625. The van der Waals surface area contributed by atoms with Crippen molar-refractivity contribution in [1.29, 1.82) is 0 Å². The number of nitrogens with two attached hydrogens (primary N) is 1. The van der Waals surface area contributed by atoms with E-state index < -0.39 is 6.04 Å². The number of anilines is 1. The Hall–Kier alpha value is -2.24. The molecule has 0 aliphatic rings. The molecule has 1 rings (SSSR count). The largest absolute Gasteiger partial charge is 0.491 e. The first kappa shape index (κ1) is 16.8. The maximum absolute atomic E-state index is 11.7. The zero-order chi connectivity index (χ0) is 15.7. The Kier molecular flexibility index (Phi) is 7.08. The summed E-state index contributed by atoms with van der Waals surface area (Å²) >= 11 is 0. The van der Waals surface area contributed by atoms with E-state index in [4.69, 9.17) is 10.5 Å². The topological polar surface area (TPSA) is 93.5 Å². The minimum Gasteiger partial charge on any atom is -0.491 e. The van der Waals surface area contributed by atoms with Crippen LogP contribution in [-0.2, 0) is 9.59 Å². The van der Waals surface area contributed by atoms with Gasteiger partial charge in [0.2, 0.25) is 11.8 Å². The van der Waals surface area contributed by atoms with Crippen molar-refractivity contribution in [3.05, 3.63) is 24.3 Å². The summed E-state index contributed by atoms with van der Waals surface area (Å²) in [6, 6.07) is 6.55. The van der Waals surface area contributed by atoms with E-state index in [9.17, 15) is 9.59 Å². The molecule has 0 aliphatic heterocycles. The van der Waals surface area contributed by atoms with Crippen molar-refractivity contribution < 1.29 is 14.3 Å². The molecule has 0 saturated carbocycles. The Morgan fingerprint density at radius 1 is 1.33 bits per heavy atom. The van der Waals surface area contributed by atoms with E-state index in [0.29, 0.717) is 18.0 Å². The van der Waals surface area contributed by atoms with Gasteiger partial charge in [-0.2, -0.15) is 0 Å². The third kappa shape index (κ3) is 6.16. The SMILES string of the molecule is CCCNC(=O)C(C)NC(=O)CCOc1ccccc1N. The van der Waals surface area contributed by atoms with Crippen LogP contribution in [0.1, 0.15) is 26.7 Å². The number of para-hydroxylation sites is 2. The minimum absolute atomic E-state index is 0.166. The molecule has 1 unspecified atom stereocenters. The first-order chi connectivity index (χ1) is 10.0. The molecule has 116 valence electrons. The van der Waals surface area contributed by atoms with Crippen molar-refractivity contribution in [2.45, 2.75) is 32.7 Å². The summed E-state index contributed by atoms with van der Waals surface area (Å²) in [7, 11) is 0. The van der Waals surface area contributed by atoms with Gasteiger partial charge in [-0.25, -0.2) is 0 Å². The molecule has 1 aromatic carbocycles. The second-order valence-corrected chi connectivity index (χ2v) is 4.72. The smallest absolute Gasteiger partial charge is 0.242 e. The van der Waals surface area contributed by atoms with Crippen molar-refractivity contribution in [1.82, 2.24) is 10.6 Å². The number of hydrogen-bond donors (Lipinski definition) is 3. The molecule has 6 nitrogen and oxygen atoms in total. The van der Waals surface area contributed by atoms with Gasteiger partial charge in [0.25, 0.3) is 0 Å². The molecule has 0 radical (unpaired) electrons. The lowest BCUT2D eigenvalue weighted by Crippen LogP contribution is -2.45. The normalized spacial score (nSPS) is 11.5. The van der Waals surface area contributed by atoms with Crippen LogP contribution in [0.15, 0.2) is 24.3 Å². The van der Waals surface area contributed by atoms with Crippen LogP contribution in [0, 0.1) is 0 Å². The second-order valence-electron chi connectivity index (χ2n) is 4.72. The Morgan fingerprint density at radius 2 is 2.05 bits per heavy atom. The second kappa shape index (κ2) is 8.84. The monoisotopic (exact) mass is 293 g/mol. The van der Waals surface area contributed by atoms with E-state index in [1.807, 2.05) is 19.1 Å². The zero-order valence-corrected chi connectivity index (χ0v) is 12.5. The summed E-state index contributed by atoms with van der Waals surface area (Å²) in [6.07, 6.45) is 1.03. The highest BCUT2D eigenvalue weighted by molar-refractivity contribution is 5.87. The van der Waals surface area contributed by atoms with Crippen LogP contribution in [0.25, 0.3) is 0 Å². The van der Waals surface area contributed by atoms with Gasteiger partial charge >= 0.3 is 0 Å². The molecule has 0 heterocycles. The summed E-state index contributed by atoms with van der Waals surface area (Å²) in [5.74, 6) is 0.140. The fourth-order valence-corrected chi connectivity index (χ4v) is 1.65. The molecular weight excluding hydrogens is 270 g/mol. The van der Waals surface area contributed by atoms with E-state index in [2.05, 4.69) is 10.6 Å². The number of benzene rings is 1. The zero-order valence-electron chi connectivity index (χ0n) is 12.5. The van der Waals surface area contributed by atoms with Crippen LogP contribution in [0.3, 0.4) is 0 Å². The van der Waals surface area contributed by atoms with Crippen LogP contribution in [-0.4, -0.2) is 31.0 Å². The van der Waals surface area contributed by atoms with Crippen LogP contribution in [0.5, 0.6) is 5.75 Å². The summed E-state index contributed by atoms with van der Waals surface area (Å²) in [4.78, 5) is 23.3. The van der Waals surface area contributed by atoms with Crippen molar-refractivity contribution in [2.75, 3.05) is 18.9 Å². The standard InChI is InChI=1S/C15H23N3O3/c1-3-9-17-15(20)11(2)18-14(19)8-10-21-13-7-5-4-6-12(13)16/h4-7,11H,3,8-10,16H2,1-2H3,(H,17,20)(H,18,19). The van der Waals surface area contributed by atoms with Crippen LogP contribution in [0.4, 0.5) is 5.69 Å². The third-order valence-corrected chi connectivity index (χ3v) is 2.83. The number of rotatable bonds is 8. The average Bonchev–Trinajstić information content (AvgIpc) is 2.46. The van der Waals surface area contributed by atoms with E-state index >= 15 is 0 Å². The van der Waals surface area contributed by atoms with Crippen molar-refractivity contribution in [2.24, 2.45) is 0 Å². The minimum atomic E-state index is -0.550. The average molecular weight is 293 g/mol. The number of carbonyl (C=O) groups excluding carboxylic acids is 2. The summed E-state index contributed by atoms with van der Waals surface area (Å²) in [5, 5.41) is 5.35. The molecule has 0 fully saturated rings. The molecule has 4 N–H and O–H groups in total. The Morgan fingerprint density at radius 3 is 2.71 bits per heavy atom. The molecular formula is C15H23N3O3. The first-order valence-electron chi connectivity index (χ1n) is 7.09. The Labute approximate surface area is 125 Å². The van der Waals surface area contributed by atoms with Gasteiger partial charge < -0.3 is 21.1 Å². The first-order valence-corrected chi connectivity index (χ1v) is 7.09. The molecule has 0 bridgehead atoms. The molecule has 0 aromatic heterocycles. The molecule has 0 saturated heterocycles. The molecule has 1 atom stereocenters. The maximum atomic E-state index is 11.7. The predicted octanol–water partition coefficient (Wildman–Crippen LogP) is 1.07. The molecule has 21 heavy (non-hydrogen) atoms.